The second-order valence-electron chi connectivity index (χ2n) is 7.17. The Balaban J connectivity index is 1.65. The fourth-order valence-electron chi connectivity index (χ4n) is 3.50. The van der Waals surface area contributed by atoms with Crippen molar-refractivity contribution in [3.8, 4) is 0 Å². The number of nitrogens with one attached hydrogen (secondary N) is 1. The number of carbonyl (C=O) groups excluding carboxylic acids is 1. The van der Waals surface area contributed by atoms with Crippen molar-refractivity contribution in [1.29, 1.82) is 0 Å². The lowest BCUT2D eigenvalue weighted by Crippen LogP contribution is -3.15. The molecule has 2 aromatic rings. The van der Waals surface area contributed by atoms with E-state index in [1.165, 1.54) is 4.31 Å². The van der Waals surface area contributed by atoms with Crippen molar-refractivity contribution < 1.29 is 26.9 Å². The summed E-state index contributed by atoms with van der Waals surface area (Å²) in [7, 11) is -2.12. The van der Waals surface area contributed by atoms with Gasteiger partial charge in [0.05, 0.1) is 26.2 Å². The van der Waals surface area contributed by atoms with Gasteiger partial charge in [-0.25, -0.2) is 17.2 Å². The molecular formula is C19H24F2N3O3S+. The van der Waals surface area contributed by atoms with Crippen LogP contribution >= 0.6 is 0 Å². The van der Waals surface area contributed by atoms with Gasteiger partial charge in [0.25, 0.3) is 0 Å². The van der Waals surface area contributed by atoms with Crippen molar-refractivity contribution in [2.75, 3.05) is 32.7 Å². The Morgan fingerprint density at radius 3 is 2.32 bits per heavy atom. The monoisotopic (exact) mass is 412 g/mol. The van der Waals surface area contributed by atoms with E-state index in [1.54, 1.807) is 0 Å². The number of halogens is 2. The van der Waals surface area contributed by atoms with Gasteiger partial charge in [-0.15, -0.1) is 0 Å². The van der Waals surface area contributed by atoms with Crippen molar-refractivity contribution in [2.45, 2.75) is 18.7 Å². The highest BCUT2D eigenvalue weighted by atomic mass is 32.2. The predicted molar refractivity (Wildman–Crippen MR) is 99.9 cm³/mol. The van der Waals surface area contributed by atoms with E-state index in [-0.39, 0.29) is 25.4 Å². The molecule has 6 nitrogen and oxygen atoms in total. The zero-order valence-electron chi connectivity index (χ0n) is 16.1. The van der Waals surface area contributed by atoms with Crippen LogP contribution < -0.4 is 4.90 Å². The third-order valence-electron chi connectivity index (χ3n) is 5.43. The molecule has 2 heterocycles. The van der Waals surface area contributed by atoms with Gasteiger partial charge in [-0.05, 0) is 32.0 Å². The van der Waals surface area contributed by atoms with Gasteiger partial charge in [0, 0.05) is 30.1 Å². The second kappa shape index (κ2) is 7.73. The second-order valence-corrected chi connectivity index (χ2v) is 9.08. The van der Waals surface area contributed by atoms with Gasteiger partial charge < -0.3 is 9.47 Å². The highest BCUT2D eigenvalue weighted by molar-refractivity contribution is 7.89. The van der Waals surface area contributed by atoms with E-state index in [1.807, 2.05) is 31.5 Å². The normalized spacial score (nSPS) is 16.5. The number of benzene rings is 1. The minimum atomic E-state index is -4.03. The Labute approximate surface area is 163 Å². The summed E-state index contributed by atoms with van der Waals surface area (Å²) >= 11 is 0. The number of hydrogen-bond acceptors (Lipinski definition) is 3. The number of Topliss-reactive ketones (excluding diaryl/α,β-unsaturated/α-hetero) is 1. The summed E-state index contributed by atoms with van der Waals surface area (Å²) in [5, 5.41) is 0. The smallest absolute Gasteiger partial charge is 0.246 e. The number of piperazine rings is 1. The van der Waals surface area contributed by atoms with Gasteiger partial charge in [0.2, 0.25) is 15.8 Å². The number of nitrogens with zero attached hydrogens (tertiary/aromatic N) is 2. The topological polar surface area (TPSA) is 63.8 Å². The molecule has 1 aromatic heterocycles. The van der Waals surface area contributed by atoms with Crippen molar-refractivity contribution in [3.05, 3.63) is 52.9 Å². The van der Waals surface area contributed by atoms with Crippen LogP contribution in [0, 0.1) is 25.5 Å². The zero-order chi connectivity index (χ0) is 20.6. The van der Waals surface area contributed by atoms with Crippen LogP contribution in [0.1, 0.15) is 21.7 Å². The van der Waals surface area contributed by atoms with Crippen molar-refractivity contribution >= 4 is 15.8 Å². The summed E-state index contributed by atoms with van der Waals surface area (Å²) in [6.07, 6.45) is 0. The van der Waals surface area contributed by atoms with Crippen LogP contribution in [0.4, 0.5) is 8.78 Å². The number of rotatable bonds is 5. The first kappa shape index (κ1) is 20.6. The van der Waals surface area contributed by atoms with E-state index in [4.69, 9.17) is 0 Å². The minimum Gasteiger partial charge on any atom is -0.351 e. The van der Waals surface area contributed by atoms with E-state index in [0.717, 1.165) is 28.4 Å². The Bertz CT molecular complexity index is 1010. The van der Waals surface area contributed by atoms with Crippen LogP contribution in [0.25, 0.3) is 0 Å². The fraction of sp³-hybridized carbons (Fsp3) is 0.421. The molecule has 1 aliphatic heterocycles. The Hall–Kier alpha value is -2.10. The number of aromatic nitrogens is 1. The van der Waals surface area contributed by atoms with Crippen LogP contribution in [0.3, 0.4) is 0 Å². The Morgan fingerprint density at radius 1 is 1.14 bits per heavy atom. The average Bonchev–Trinajstić information content (AvgIpc) is 2.89. The van der Waals surface area contributed by atoms with Gasteiger partial charge in [-0.2, -0.15) is 4.31 Å². The van der Waals surface area contributed by atoms with Gasteiger partial charge in [-0.3, -0.25) is 4.79 Å². The summed E-state index contributed by atoms with van der Waals surface area (Å²) in [6, 6.07) is 4.32. The average molecular weight is 412 g/mol. The molecule has 0 unspecified atom stereocenters. The van der Waals surface area contributed by atoms with E-state index < -0.39 is 26.6 Å². The fourth-order valence-corrected chi connectivity index (χ4v) is 4.99. The van der Waals surface area contributed by atoms with Crippen LogP contribution in [0.2, 0.25) is 0 Å². The summed E-state index contributed by atoms with van der Waals surface area (Å²) in [5.41, 5.74) is 2.61. The molecule has 3 rings (SSSR count). The lowest BCUT2D eigenvalue weighted by atomic mass is 10.1. The van der Waals surface area contributed by atoms with Gasteiger partial charge in [0.15, 0.2) is 0 Å². The number of carbonyl (C=O) groups is 1. The van der Waals surface area contributed by atoms with E-state index in [2.05, 4.69) is 0 Å². The Morgan fingerprint density at radius 2 is 1.79 bits per heavy atom. The quantitative estimate of drug-likeness (QED) is 0.736. The maximum absolute atomic E-state index is 13.9. The standard InChI is InChI=1S/C19H23F2N3O3S/c1-13-10-16(14(2)22(13)3)18(25)12-23-6-8-24(9-7-23)28(26,27)19-5-4-15(20)11-17(19)21/h4-5,10-11H,6-9,12H2,1-3H3/p+1. The molecule has 1 aliphatic rings. The summed E-state index contributed by atoms with van der Waals surface area (Å²) < 4.78 is 55.4. The summed E-state index contributed by atoms with van der Waals surface area (Å²) in [4.78, 5) is 13.1. The van der Waals surface area contributed by atoms with Gasteiger partial charge in [-0.1, -0.05) is 0 Å². The first-order valence-electron chi connectivity index (χ1n) is 9.06. The number of aryl methyl sites for hydroxylation is 1. The molecule has 0 bridgehead atoms. The molecule has 1 aromatic carbocycles. The van der Waals surface area contributed by atoms with Crippen molar-refractivity contribution in [2.24, 2.45) is 7.05 Å². The molecule has 1 N–H and O–H groups in total. The molecule has 0 spiro atoms. The van der Waals surface area contributed by atoms with Crippen LogP contribution in [0.15, 0.2) is 29.2 Å². The number of ketones is 1. The third-order valence-corrected chi connectivity index (χ3v) is 7.36. The molecule has 0 saturated carbocycles. The van der Waals surface area contributed by atoms with Gasteiger partial charge in [0.1, 0.15) is 23.1 Å². The van der Waals surface area contributed by atoms with E-state index >= 15 is 0 Å². The summed E-state index contributed by atoms with van der Waals surface area (Å²) in [5.74, 6) is -1.90. The number of sulfonamides is 1. The molecule has 28 heavy (non-hydrogen) atoms. The predicted octanol–water partition coefficient (Wildman–Crippen LogP) is 0.692. The first-order chi connectivity index (χ1) is 13.1. The largest absolute Gasteiger partial charge is 0.351 e. The summed E-state index contributed by atoms with van der Waals surface area (Å²) in [6.45, 7) is 5.36. The first-order valence-corrected chi connectivity index (χ1v) is 10.5. The molecule has 1 fully saturated rings. The number of hydrogen-bond donors (Lipinski definition) is 1. The number of quaternary nitrogens is 1. The molecule has 0 aliphatic carbocycles. The molecule has 152 valence electrons. The van der Waals surface area contributed by atoms with Gasteiger partial charge >= 0.3 is 0 Å². The highest BCUT2D eigenvalue weighted by Gasteiger charge is 2.33. The molecule has 0 atom stereocenters. The zero-order valence-corrected chi connectivity index (χ0v) is 16.9. The maximum atomic E-state index is 13.9. The van der Waals surface area contributed by atoms with Crippen LogP contribution in [-0.2, 0) is 17.1 Å². The van der Waals surface area contributed by atoms with Crippen molar-refractivity contribution in [1.82, 2.24) is 8.87 Å². The lowest BCUT2D eigenvalue weighted by Gasteiger charge is -2.31. The lowest BCUT2D eigenvalue weighted by molar-refractivity contribution is -0.895. The highest BCUT2D eigenvalue weighted by Crippen LogP contribution is 2.20. The molecule has 0 radical (unpaired) electrons. The van der Waals surface area contributed by atoms with Crippen LogP contribution in [0.5, 0.6) is 0 Å². The Kier molecular flexibility index (Phi) is 5.69. The SMILES string of the molecule is Cc1cc(C(=O)C[NH+]2CCN(S(=O)(=O)c3ccc(F)cc3F)CC2)c(C)n1C. The van der Waals surface area contributed by atoms with E-state index in [0.29, 0.717) is 24.7 Å². The van der Waals surface area contributed by atoms with Crippen LogP contribution in [-0.4, -0.2) is 55.8 Å². The molecular weight excluding hydrogens is 388 g/mol. The minimum absolute atomic E-state index is 0.0251. The van der Waals surface area contributed by atoms with Crippen molar-refractivity contribution in [3.63, 3.8) is 0 Å². The van der Waals surface area contributed by atoms with E-state index in [9.17, 15) is 22.0 Å². The molecule has 0 amide bonds. The third kappa shape index (κ3) is 3.87. The maximum Gasteiger partial charge on any atom is 0.246 e. The molecule has 1 saturated heterocycles. The molecule has 9 heteroatoms.